The molecule has 0 saturated carbocycles. The maximum absolute atomic E-state index is 12.1. The molecule has 1 saturated heterocycles. The van der Waals surface area contributed by atoms with Gasteiger partial charge in [-0.2, -0.15) is 4.52 Å². The van der Waals surface area contributed by atoms with Crippen molar-refractivity contribution < 1.29 is 4.79 Å². The van der Waals surface area contributed by atoms with Crippen LogP contribution in [0.5, 0.6) is 0 Å². The minimum Gasteiger partial charge on any atom is -0.354 e. The summed E-state index contributed by atoms with van der Waals surface area (Å²) in [5.41, 5.74) is 9.08. The molecular weight excluding hydrogens is 438 g/mol. The largest absolute Gasteiger partial charge is 0.354 e. The third-order valence-corrected chi connectivity index (χ3v) is 7.52. The molecule has 0 atom stereocenters. The summed E-state index contributed by atoms with van der Waals surface area (Å²) in [4.78, 5) is 19.8. The summed E-state index contributed by atoms with van der Waals surface area (Å²) in [5, 5.41) is 13.6. The summed E-state index contributed by atoms with van der Waals surface area (Å²) in [5.74, 6) is 1.05. The summed E-state index contributed by atoms with van der Waals surface area (Å²) >= 11 is 0. The van der Waals surface area contributed by atoms with Gasteiger partial charge in [-0.1, -0.05) is 19.9 Å². The minimum atomic E-state index is 0.177. The number of pyridine rings is 1. The van der Waals surface area contributed by atoms with E-state index >= 15 is 0 Å². The number of hydrogen-bond donors (Lipinski definition) is 1. The second-order valence-corrected chi connectivity index (χ2v) is 10.5. The van der Waals surface area contributed by atoms with Gasteiger partial charge in [-0.05, 0) is 96.9 Å². The Balaban J connectivity index is 1.49. The molecule has 4 heterocycles. The van der Waals surface area contributed by atoms with Crippen LogP contribution in [0.2, 0.25) is 0 Å². The van der Waals surface area contributed by atoms with Crippen LogP contribution in [0.25, 0.3) is 27.8 Å². The minimum absolute atomic E-state index is 0.177. The number of rotatable bonds is 5. The SMILES string of the molecule is Cc1cc(-c2[nH]c3ccc(C4CCN(CC(=O)N(C)C)CC4)cc3c2C(C)C)c(C)n2nnnc12. The summed E-state index contributed by atoms with van der Waals surface area (Å²) in [6, 6.07) is 9.11. The highest BCUT2D eigenvalue weighted by Gasteiger charge is 2.25. The van der Waals surface area contributed by atoms with Crippen molar-refractivity contribution in [3.05, 3.63) is 46.6 Å². The van der Waals surface area contributed by atoms with E-state index in [9.17, 15) is 4.79 Å². The number of likely N-dealkylation sites (tertiary alicyclic amines) is 1. The number of nitrogens with zero attached hydrogens (tertiary/aromatic N) is 6. The van der Waals surface area contributed by atoms with Crippen molar-refractivity contribution in [2.24, 2.45) is 0 Å². The second-order valence-electron chi connectivity index (χ2n) is 10.5. The highest BCUT2D eigenvalue weighted by molar-refractivity contribution is 5.92. The number of aromatic amines is 1. The van der Waals surface area contributed by atoms with E-state index in [1.54, 1.807) is 4.90 Å². The van der Waals surface area contributed by atoms with Crippen LogP contribution in [-0.4, -0.2) is 74.5 Å². The first-order valence-corrected chi connectivity index (χ1v) is 12.5. The van der Waals surface area contributed by atoms with E-state index in [0.717, 1.165) is 59.6 Å². The number of H-pyrrole nitrogens is 1. The number of benzene rings is 1. The Morgan fingerprint density at radius 3 is 2.60 bits per heavy atom. The molecule has 1 aliphatic heterocycles. The highest BCUT2D eigenvalue weighted by Crippen LogP contribution is 2.39. The van der Waals surface area contributed by atoms with Crippen LogP contribution >= 0.6 is 0 Å². The molecule has 1 fully saturated rings. The molecule has 5 rings (SSSR count). The molecule has 35 heavy (non-hydrogen) atoms. The Labute approximate surface area is 206 Å². The van der Waals surface area contributed by atoms with Crippen molar-refractivity contribution in [2.45, 2.75) is 52.4 Å². The van der Waals surface area contributed by atoms with Crippen LogP contribution in [0, 0.1) is 13.8 Å². The molecule has 4 aromatic rings. The smallest absolute Gasteiger partial charge is 0.236 e. The number of aryl methyl sites for hydroxylation is 2. The van der Waals surface area contributed by atoms with Gasteiger partial charge in [0.15, 0.2) is 5.65 Å². The fraction of sp³-hybridized carbons (Fsp3) is 0.481. The zero-order valence-electron chi connectivity index (χ0n) is 21.6. The van der Waals surface area contributed by atoms with E-state index in [4.69, 9.17) is 0 Å². The Morgan fingerprint density at radius 2 is 1.91 bits per heavy atom. The molecule has 3 aromatic heterocycles. The molecule has 0 aliphatic carbocycles. The normalized spacial score (nSPS) is 15.5. The Morgan fingerprint density at radius 1 is 1.17 bits per heavy atom. The highest BCUT2D eigenvalue weighted by atomic mass is 16.2. The molecule has 0 spiro atoms. The van der Waals surface area contributed by atoms with Crippen LogP contribution in [-0.2, 0) is 4.79 Å². The van der Waals surface area contributed by atoms with E-state index in [1.807, 2.05) is 18.6 Å². The van der Waals surface area contributed by atoms with Gasteiger partial charge in [0.05, 0.1) is 17.9 Å². The van der Waals surface area contributed by atoms with Crippen molar-refractivity contribution in [3.8, 4) is 11.3 Å². The number of fused-ring (bicyclic) bond motifs is 2. The summed E-state index contributed by atoms with van der Waals surface area (Å²) in [6.45, 7) is 11.1. The van der Waals surface area contributed by atoms with Gasteiger partial charge in [0.25, 0.3) is 0 Å². The number of piperidine rings is 1. The topological polar surface area (TPSA) is 82.4 Å². The van der Waals surface area contributed by atoms with Crippen molar-refractivity contribution in [1.82, 2.24) is 34.8 Å². The first-order valence-electron chi connectivity index (χ1n) is 12.5. The first-order chi connectivity index (χ1) is 16.7. The third kappa shape index (κ3) is 4.20. The van der Waals surface area contributed by atoms with Crippen LogP contribution in [0.4, 0.5) is 0 Å². The lowest BCUT2D eigenvalue weighted by atomic mass is 9.87. The fourth-order valence-corrected chi connectivity index (χ4v) is 5.47. The second kappa shape index (κ2) is 9.07. The molecule has 8 heteroatoms. The number of carbonyl (C=O) groups is 1. The number of likely N-dealkylation sites (N-methyl/N-ethyl adjacent to an activating group) is 1. The summed E-state index contributed by atoms with van der Waals surface area (Å²) in [7, 11) is 3.65. The molecule has 1 aromatic carbocycles. The zero-order valence-corrected chi connectivity index (χ0v) is 21.6. The van der Waals surface area contributed by atoms with Crippen molar-refractivity contribution >= 4 is 22.5 Å². The standard InChI is InChI=1S/C27H35N7O/c1-16(2)25-22-14-20(19-9-11-33(12-10-19)15-24(35)32(5)6)7-8-23(22)28-26(25)21-13-17(3)27-29-30-31-34(27)18(21)4/h7-8,13-14,16,19,28H,9-12,15H2,1-6H3. The van der Waals surface area contributed by atoms with Crippen LogP contribution in [0.3, 0.4) is 0 Å². The Bertz CT molecular complexity index is 1390. The molecule has 0 radical (unpaired) electrons. The molecule has 8 nitrogen and oxygen atoms in total. The van der Waals surface area contributed by atoms with Crippen molar-refractivity contribution in [3.63, 3.8) is 0 Å². The maximum atomic E-state index is 12.1. The van der Waals surface area contributed by atoms with Gasteiger partial charge in [0.2, 0.25) is 5.91 Å². The van der Waals surface area contributed by atoms with Crippen LogP contribution in [0.1, 0.15) is 60.9 Å². The van der Waals surface area contributed by atoms with Crippen molar-refractivity contribution in [1.29, 1.82) is 0 Å². The van der Waals surface area contributed by atoms with Gasteiger partial charge in [-0.25, -0.2) is 0 Å². The molecule has 1 amide bonds. The number of tetrazole rings is 1. The molecule has 1 aliphatic rings. The lowest BCUT2D eigenvalue weighted by Gasteiger charge is -2.32. The van der Waals surface area contributed by atoms with Gasteiger partial charge < -0.3 is 9.88 Å². The molecule has 0 unspecified atom stereocenters. The summed E-state index contributed by atoms with van der Waals surface area (Å²) in [6.07, 6.45) is 2.16. The average Bonchev–Trinajstić information content (AvgIpc) is 3.47. The molecule has 1 N–H and O–H groups in total. The van der Waals surface area contributed by atoms with Gasteiger partial charge in [-0.15, -0.1) is 5.10 Å². The van der Waals surface area contributed by atoms with Crippen LogP contribution in [0.15, 0.2) is 24.3 Å². The van der Waals surface area contributed by atoms with Gasteiger partial charge in [-0.3, -0.25) is 9.69 Å². The monoisotopic (exact) mass is 473 g/mol. The van der Waals surface area contributed by atoms with Gasteiger partial charge in [0.1, 0.15) is 0 Å². The van der Waals surface area contributed by atoms with E-state index < -0.39 is 0 Å². The van der Waals surface area contributed by atoms with Gasteiger partial charge >= 0.3 is 0 Å². The number of hydrogen-bond acceptors (Lipinski definition) is 5. The van der Waals surface area contributed by atoms with Gasteiger partial charge in [0, 0.05) is 30.6 Å². The maximum Gasteiger partial charge on any atom is 0.236 e. The number of nitrogens with one attached hydrogen (secondary N) is 1. The van der Waals surface area contributed by atoms with E-state index in [1.165, 1.54) is 16.5 Å². The quantitative estimate of drug-likeness (QED) is 0.468. The average molecular weight is 474 g/mol. The lowest BCUT2D eigenvalue weighted by molar-refractivity contribution is -0.130. The number of carbonyl (C=O) groups excluding carboxylic acids is 1. The lowest BCUT2D eigenvalue weighted by Crippen LogP contribution is -2.40. The molecular formula is C27H35N7O. The van der Waals surface area contributed by atoms with Crippen molar-refractivity contribution in [2.75, 3.05) is 33.7 Å². The third-order valence-electron chi connectivity index (χ3n) is 7.52. The summed E-state index contributed by atoms with van der Waals surface area (Å²) < 4.78 is 1.83. The number of aromatic nitrogens is 5. The number of amides is 1. The van der Waals surface area contributed by atoms with E-state index in [2.05, 4.69) is 77.4 Å². The van der Waals surface area contributed by atoms with E-state index in [-0.39, 0.29) is 5.91 Å². The van der Waals surface area contributed by atoms with E-state index in [0.29, 0.717) is 18.4 Å². The Kier molecular flexibility index (Phi) is 6.09. The molecule has 184 valence electrons. The predicted octanol–water partition coefficient (Wildman–Crippen LogP) is 4.28. The fourth-order valence-electron chi connectivity index (χ4n) is 5.47. The molecule has 0 bridgehead atoms. The zero-order chi connectivity index (χ0) is 24.9. The predicted molar refractivity (Wildman–Crippen MR) is 139 cm³/mol. The first kappa shape index (κ1) is 23.5. The van der Waals surface area contributed by atoms with Crippen LogP contribution < -0.4 is 0 Å². The Hall–Kier alpha value is -3.26.